The first-order chi connectivity index (χ1) is 12.7. The highest BCUT2D eigenvalue weighted by Gasteiger charge is 2.17. The summed E-state index contributed by atoms with van der Waals surface area (Å²) in [5, 5.41) is 11.7. The third kappa shape index (κ3) is 3.01. The van der Waals surface area contributed by atoms with Crippen molar-refractivity contribution in [2.75, 3.05) is 0 Å². The van der Waals surface area contributed by atoms with Crippen molar-refractivity contribution in [2.45, 2.75) is 20.0 Å². The first-order valence-electron chi connectivity index (χ1n) is 8.04. The van der Waals surface area contributed by atoms with E-state index in [9.17, 15) is 4.79 Å². The van der Waals surface area contributed by atoms with Gasteiger partial charge < -0.3 is 9.73 Å². The van der Waals surface area contributed by atoms with Crippen molar-refractivity contribution < 1.29 is 9.21 Å². The van der Waals surface area contributed by atoms with E-state index in [-0.39, 0.29) is 11.6 Å². The van der Waals surface area contributed by atoms with Gasteiger partial charge in [-0.3, -0.25) is 9.48 Å². The molecule has 0 aromatic carbocycles. The van der Waals surface area contributed by atoms with Crippen molar-refractivity contribution in [3.8, 4) is 11.4 Å². The van der Waals surface area contributed by atoms with Crippen LogP contribution < -0.4 is 5.32 Å². The Balaban J connectivity index is 1.66. The molecule has 4 aromatic heterocycles. The van der Waals surface area contributed by atoms with Crippen LogP contribution in [0.4, 0.5) is 0 Å². The fourth-order valence-corrected chi connectivity index (χ4v) is 3.11. The van der Waals surface area contributed by atoms with Gasteiger partial charge in [0, 0.05) is 25.0 Å². The Bertz CT molecular complexity index is 1070. The molecule has 1 amide bonds. The molecule has 0 unspecified atom stereocenters. The topological polar surface area (TPSA) is 90.2 Å². The molecular weight excluding hydrogens is 400 g/mol. The van der Waals surface area contributed by atoms with E-state index in [1.807, 2.05) is 23.9 Å². The van der Waals surface area contributed by atoms with E-state index >= 15 is 0 Å². The van der Waals surface area contributed by atoms with Crippen molar-refractivity contribution in [1.29, 1.82) is 0 Å². The summed E-state index contributed by atoms with van der Waals surface area (Å²) in [6.45, 7) is 3.07. The molecule has 0 spiro atoms. The minimum atomic E-state index is -0.295. The first-order valence-corrected chi connectivity index (χ1v) is 8.83. The molecule has 26 heavy (non-hydrogen) atoms. The van der Waals surface area contributed by atoms with Crippen molar-refractivity contribution in [3.05, 3.63) is 58.8 Å². The van der Waals surface area contributed by atoms with E-state index in [0.717, 1.165) is 22.4 Å². The molecule has 132 valence electrons. The predicted octanol–water partition coefficient (Wildman–Crippen LogP) is 2.90. The molecule has 0 saturated carbocycles. The van der Waals surface area contributed by atoms with Crippen LogP contribution in [-0.4, -0.2) is 30.3 Å². The minimum absolute atomic E-state index is 0.280. The minimum Gasteiger partial charge on any atom is -0.467 e. The van der Waals surface area contributed by atoms with Gasteiger partial charge in [-0.2, -0.15) is 10.2 Å². The van der Waals surface area contributed by atoms with Crippen LogP contribution in [0.1, 0.15) is 23.2 Å². The van der Waals surface area contributed by atoms with Gasteiger partial charge in [0.25, 0.3) is 5.91 Å². The predicted molar refractivity (Wildman–Crippen MR) is 97.5 cm³/mol. The molecule has 0 radical (unpaired) electrons. The monoisotopic (exact) mass is 414 g/mol. The number of carbonyl (C=O) groups excluding carboxylic acids is 1. The molecule has 4 aromatic rings. The number of amides is 1. The van der Waals surface area contributed by atoms with Gasteiger partial charge in [0.2, 0.25) is 0 Å². The number of aryl methyl sites for hydroxylation is 1. The van der Waals surface area contributed by atoms with Gasteiger partial charge in [-0.1, -0.05) is 0 Å². The number of nitrogens with one attached hydrogen (secondary N) is 1. The summed E-state index contributed by atoms with van der Waals surface area (Å²) >= 11 is 3.53. The number of rotatable bonds is 5. The second-order valence-electron chi connectivity index (χ2n) is 5.57. The maximum absolute atomic E-state index is 12.4. The largest absolute Gasteiger partial charge is 0.467 e. The molecule has 1 N–H and O–H groups in total. The van der Waals surface area contributed by atoms with E-state index in [4.69, 9.17) is 4.42 Å². The molecule has 0 aliphatic carbocycles. The number of hydrogen-bond donors (Lipinski definition) is 1. The Morgan fingerprint density at radius 3 is 2.96 bits per heavy atom. The Kier molecular flexibility index (Phi) is 4.29. The molecule has 4 rings (SSSR count). The molecule has 0 fully saturated rings. The smallest absolute Gasteiger partial charge is 0.272 e. The summed E-state index contributed by atoms with van der Waals surface area (Å²) in [5.74, 6) is 0.381. The quantitative estimate of drug-likeness (QED) is 0.542. The zero-order chi connectivity index (χ0) is 18.1. The summed E-state index contributed by atoms with van der Waals surface area (Å²) in [7, 11) is 0. The molecule has 8 nitrogen and oxygen atoms in total. The summed E-state index contributed by atoms with van der Waals surface area (Å²) in [6, 6.07) is 7.03. The van der Waals surface area contributed by atoms with Crippen molar-refractivity contribution in [1.82, 2.24) is 29.7 Å². The summed E-state index contributed by atoms with van der Waals surface area (Å²) in [5.41, 5.74) is 2.34. The van der Waals surface area contributed by atoms with Crippen LogP contribution in [0, 0.1) is 0 Å². The SMILES string of the molecule is CCn1cc(Br)c(-c2ccnc3cc(C(=O)NCc4ccco4)nn23)n1. The Labute approximate surface area is 157 Å². The van der Waals surface area contributed by atoms with E-state index in [0.29, 0.717) is 18.0 Å². The fraction of sp³-hybridized carbons (Fsp3) is 0.176. The average Bonchev–Trinajstić information content (AvgIpc) is 3.38. The third-order valence-electron chi connectivity index (χ3n) is 3.88. The molecular formula is C17H15BrN6O2. The standard InChI is InChI=1S/C17H15BrN6O2/c1-2-23-10-12(18)16(22-23)14-5-6-19-15-8-13(21-24(14)15)17(25)20-9-11-4-3-7-26-11/h3-8,10H,2,9H2,1H3,(H,20,25). The second kappa shape index (κ2) is 6.75. The van der Waals surface area contributed by atoms with Gasteiger partial charge >= 0.3 is 0 Å². The molecule has 4 heterocycles. The maximum atomic E-state index is 12.4. The highest BCUT2D eigenvalue weighted by molar-refractivity contribution is 9.10. The van der Waals surface area contributed by atoms with E-state index in [1.54, 1.807) is 35.2 Å². The number of nitrogens with zero attached hydrogens (tertiary/aromatic N) is 5. The maximum Gasteiger partial charge on any atom is 0.272 e. The lowest BCUT2D eigenvalue weighted by Gasteiger charge is -2.02. The Hall–Kier alpha value is -2.94. The average molecular weight is 415 g/mol. The van der Waals surface area contributed by atoms with E-state index in [2.05, 4.69) is 36.4 Å². The summed E-state index contributed by atoms with van der Waals surface area (Å²) < 4.78 is 9.51. The highest BCUT2D eigenvalue weighted by Crippen LogP contribution is 2.26. The summed E-state index contributed by atoms with van der Waals surface area (Å²) in [4.78, 5) is 16.7. The Morgan fingerprint density at radius 2 is 2.23 bits per heavy atom. The van der Waals surface area contributed by atoms with Crippen LogP contribution >= 0.6 is 15.9 Å². The van der Waals surface area contributed by atoms with Crippen molar-refractivity contribution >= 4 is 27.5 Å². The van der Waals surface area contributed by atoms with Crippen LogP contribution in [0.25, 0.3) is 17.0 Å². The van der Waals surface area contributed by atoms with Crippen LogP contribution in [0.2, 0.25) is 0 Å². The molecule has 9 heteroatoms. The van der Waals surface area contributed by atoms with Crippen LogP contribution in [-0.2, 0) is 13.1 Å². The zero-order valence-corrected chi connectivity index (χ0v) is 15.5. The van der Waals surface area contributed by atoms with Crippen molar-refractivity contribution in [2.24, 2.45) is 0 Å². The lowest BCUT2D eigenvalue weighted by Crippen LogP contribution is -2.23. The molecule has 0 atom stereocenters. The fourth-order valence-electron chi connectivity index (χ4n) is 2.59. The van der Waals surface area contributed by atoms with Crippen LogP contribution in [0.5, 0.6) is 0 Å². The van der Waals surface area contributed by atoms with Crippen LogP contribution in [0.3, 0.4) is 0 Å². The zero-order valence-electron chi connectivity index (χ0n) is 13.9. The molecule has 0 bridgehead atoms. The van der Waals surface area contributed by atoms with Gasteiger partial charge in [-0.25, -0.2) is 9.50 Å². The lowest BCUT2D eigenvalue weighted by atomic mass is 10.3. The molecule has 0 aliphatic heterocycles. The van der Waals surface area contributed by atoms with Crippen LogP contribution in [0.15, 0.2) is 51.8 Å². The molecule has 0 saturated heterocycles. The van der Waals surface area contributed by atoms with Gasteiger partial charge in [-0.15, -0.1) is 0 Å². The van der Waals surface area contributed by atoms with Gasteiger partial charge in [0.05, 0.1) is 23.0 Å². The number of halogens is 1. The lowest BCUT2D eigenvalue weighted by molar-refractivity contribution is 0.0942. The van der Waals surface area contributed by atoms with E-state index in [1.165, 1.54) is 0 Å². The number of aromatic nitrogens is 5. The number of carbonyl (C=O) groups is 1. The normalized spacial score (nSPS) is 11.2. The number of furan rings is 1. The number of fused-ring (bicyclic) bond motifs is 1. The molecule has 0 aliphatic rings. The third-order valence-corrected chi connectivity index (χ3v) is 4.46. The highest BCUT2D eigenvalue weighted by atomic mass is 79.9. The second-order valence-corrected chi connectivity index (χ2v) is 6.43. The number of hydrogen-bond acceptors (Lipinski definition) is 5. The first kappa shape index (κ1) is 16.5. The van der Waals surface area contributed by atoms with Gasteiger partial charge in [0.1, 0.15) is 11.5 Å². The van der Waals surface area contributed by atoms with Gasteiger partial charge in [-0.05, 0) is 41.1 Å². The summed E-state index contributed by atoms with van der Waals surface area (Å²) in [6.07, 6.45) is 5.15. The van der Waals surface area contributed by atoms with Gasteiger partial charge in [0.15, 0.2) is 11.3 Å². The Morgan fingerprint density at radius 1 is 1.35 bits per heavy atom. The van der Waals surface area contributed by atoms with E-state index < -0.39 is 0 Å². The van der Waals surface area contributed by atoms with Crippen molar-refractivity contribution in [3.63, 3.8) is 0 Å².